The molecular formula is C36H36ClNO4S. The van der Waals surface area contributed by atoms with E-state index in [2.05, 4.69) is 30.3 Å². The fourth-order valence-electron chi connectivity index (χ4n) is 5.56. The number of pyridine rings is 1. The molecule has 2 atom stereocenters. The van der Waals surface area contributed by atoms with Crippen molar-refractivity contribution in [3.8, 4) is 0 Å². The molecule has 1 fully saturated rings. The van der Waals surface area contributed by atoms with Gasteiger partial charge in [-0.15, -0.1) is 0 Å². The number of ketones is 1. The third-order valence-electron chi connectivity index (χ3n) is 8.21. The maximum absolute atomic E-state index is 11.9. The first-order valence-electron chi connectivity index (χ1n) is 14.5. The van der Waals surface area contributed by atoms with Crippen LogP contribution in [-0.4, -0.2) is 32.7 Å². The molecule has 1 heterocycles. The van der Waals surface area contributed by atoms with E-state index in [1.165, 1.54) is 12.5 Å². The number of carbonyl (C=O) groups is 2. The summed E-state index contributed by atoms with van der Waals surface area (Å²) in [4.78, 5) is 28.5. The normalized spacial score (nSPS) is 16.2. The zero-order chi connectivity index (χ0) is 30.6. The van der Waals surface area contributed by atoms with E-state index in [0.717, 1.165) is 52.7 Å². The van der Waals surface area contributed by atoms with E-state index in [-0.39, 0.29) is 16.4 Å². The monoisotopic (exact) mass is 613 g/mol. The number of aliphatic carboxylic acids is 1. The Labute approximate surface area is 262 Å². The van der Waals surface area contributed by atoms with Crippen LogP contribution in [0.1, 0.15) is 72.7 Å². The number of aromatic nitrogens is 1. The fraction of sp³-hybridized carbons (Fsp3) is 0.306. The number of halogens is 1. The average Bonchev–Trinajstić information content (AvgIpc) is 3.74. The van der Waals surface area contributed by atoms with Crippen molar-refractivity contribution in [2.45, 2.75) is 56.8 Å². The number of fused-ring (bicyclic) bond motifs is 1. The molecule has 43 heavy (non-hydrogen) atoms. The number of nitrogens with zero attached hydrogens (tertiary/aromatic N) is 1. The molecule has 5 nitrogen and oxygen atoms in total. The van der Waals surface area contributed by atoms with E-state index in [9.17, 15) is 19.8 Å². The first-order valence-corrected chi connectivity index (χ1v) is 16.0. The second-order valence-corrected chi connectivity index (χ2v) is 13.5. The number of hydrogen-bond acceptors (Lipinski definition) is 5. The fourth-order valence-corrected chi connectivity index (χ4v) is 7.29. The van der Waals surface area contributed by atoms with E-state index < -0.39 is 11.6 Å². The molecule has 7 heteroatoms. The van der Waals surface area contributed by atoms with Crippen LogP contribution in [0.3, 0.4) is 0 Å². The number of carboxylic acid groups (broad SMARTS) is 1. The highest BCUT2D eigenvalue weighted by atomic mass is 35.5. The number of Topliss-reactive ketones (excluding diaryl/α,β-unsaturated/α-hetero) is 1. The van der Waals surface area contributed by atoms with Gasteiger partial charge in [0.1, 0.15) is 5.78 Å². The molecule has 1 saturated carbocycles. The summed E-state index contributed by atoms with van der Waals surface area (Å²) in [7, 11) is 0. The number of hydrogen-bond donors (Lipinski definition) is 2. The molecule has 1 aliphatic rings. The van der Waals surface area contributed by atoms with Crippen molar-refractivity contribution in [2.24, 2.45) is 5.41 Å². The molecule has 222 valence electrons. The summed E-state index contributed by atoms with van der Waals surface area (Å²) >= 11 is 8.04. The van der Waals surface area contributed by atoms with E-state index in [1.54, 1.807) is 19.1 Å². The predicted octanol–water partition coefficient (Wildman–Crippen LogP) is 8.52. The molecule has 1 aromatic heterocycles. The lowest BCUT2D eigenvalue weighted by Gasteiger charge is -2.24. The lowest BCUT2D eigenvalue weighted by molar-refractivity contribution is -0.157. The molecule has 0 bridgehead atoms. The van der Waals surface area contributed by atoms with Crippen LogP contribution >= 0.6 is 23.4 Å². The second kappa shape index (κ2) is 13.0. The van der Waals surface area contributed by atoms with Crippen molar-refractivity contribution >= 4 is 58.2 Å². The van der Waals surface area contributed by atoms with Gasteiger partial charge in [0.05, 0.1) is 11.2 Å². The molecule has 0 spiro atoms. The highest BCUT2D eigenvalue weighted by Gasteiger charge is 2.43. The third-order valence-corrected chi connectivity index (χ3v) is 10.1. The molecule has 1 aliphatic carbocycles. The van der Waals surface area contributed by atoms with Gasteiger partial charge in [-0.1, -0.05) is 78.3 Å². The largest absolute Gasteiger partial charge is 0.479 e. The minimum atomic E-state index is -1.97. The van der Waals surface area contributed by atoms with Crippen LogP contribution in [0.25, 0.3) is 23.1 Å². The Morgan fingerprint density at radius 3 is 2.56 bits per heavy atom. The Morgan fingerprint density at radius 1 is 1.05 bits per heavy atom. The SMILES string of the molecule is CC(=O)CC1(CS[C@H](CCc2ccccc2C(C)(O)C(=O)O)c2cccc(/C=C/c3ccc4ccc(Cl)cc4n3)c2)CC1. The van der Waals surface area contributed by atoms with Crippen molar-refractivity contribution in [3.63, 3.8) is 0 Å². The zero-order valence-corrected chi connectivity index (χ0v) is 26.0. The van der Waals surface area contributed by atoms with Crippen molar-refractivity contribution < 1.29 is 19.8 Å². The summed E-state index contributed by atoms with van der Waals surface area (Å²) in [6.07, 6.45) is 8.18. The molecule has 3 aromatic carbocycles. The van der Waals surface area contributed by atoms with Gasteiger partial charge in [0.25, 0.3) is 0 Å². The van der Waals surface area contributed by atoms with Crippen molar-refractivity contribution in [1.82, 2.24) is 4.98 Å². The van der Waals surface area contributed by atoms with Crippen LogP contribution in [0.2, 0.25) is 5.02 Å². The molecule has 4 aromatic rings. The molecule has 1 unspecified atom stereocenters. The Morgan fingerprint density at radius 2 is 1.81 bits per heavy atom. The quantitative estimate of drug-likeness (QED) is 0.157. The number of benzene rings is 3. The minimum Gasteiger partial charge on any atom is -0.479 e. The molecular weight excluding hydrogens is 578 g/mol. The van der Waals surface area contributed by atoms with Crippen molar-refractivity contribution in [1.29, 1.82) is 0 Å². The van der Waals surface area contributed by atoms with Gasteiger partial charge < -0.3 is 15.0 Å². The van der Waals surface area contributed by atoms with Gasteiger partial charge in [0.2, 0.25) is 0 Å². The van der Waals surface area contributed by atoms with Gasteiger partial charge in [-0.25, -0.2) is 9.78 Å². The van der Waals surface area contributed by atoms with E-state index >= 15 is 0 Å². The molecule has 0 saturated heterocycles. The second-order valence-electron chi connectivity index (χ2n) is 11.8. The number of rotatable bonds is 13. The maximum Gasteiger partial charge on any atom is 0.340 e. The lowest BCUT2D eigenvalue weighted by atomic mass is 9.89. The topological polar surface area (TPSA) is 87.5 Å². The summed E-state index contributed by atoms with van der Waals surface area (Å²) in [5.41, 5.74) is 3.27. The molecule has 0 radical (unpaired) electrons. The molecule has 0 amide bonds. The standard InChI is InChI=1S/C36H36ClNO4S/c1-24(39)22-36(18-19-36)23-43-33(17-13-26-7-3-4-9-31(26)35(2,42)34(40)41)28-8-5-6-25(20-28)10-15-30-16-12-27-11-14-29(37)21-32(27)38-30/h3-12,14-16,20-21,33,42H,13,17-19,22-23H2,1-2H3,(H,40,41)/b15-10+/t33-,35?/m1/s1. The number of aliphatic hydroxyl groups is 1. The van der Waals surface area contributed by atoms with Gasteiger partial charge in [0.15, 0.2) is 5.60 Å². The van der Waals surface area contributed by atoms with Gasteiger partial charge in [-0.2, -0.15) is 11.8 Å². The van der Waals surface area contributed by atoms with Crippen LogP contribution in [-0.2, 0) is 21.6 Å². The molecule has 2 N–H and O–H groups in total. The Kier molecular flexibility index (Phi) is 9.40. The number of aryl methyl sites for hydroxylation is 1. The van der Waals surface area contributed by atoms with Crippen molar-refractivity contribution in [3.05, 3.63) is 112 Å². The smallest absolute Gasteiger partial charge is 0.340 e. The summed E-state index contributed by atoms with van der Waals surface area (Å²) < 4.78 is 0. The van der Waals surface area contributed by atoms with Crippen LogP contribution in [0, 0.1) is 5.41 Å². The number of carboxylic acids is 1. The predicted molar refractivity (Wildman–Crippen MR) is 176 cm³/mol. The van der Waals surface area contributed by atoms with Gasteiger partial charge in [0, 0.05) is 22.1 Å². The molecule has 0 aliphatic heterocycles. The van der Waals surface area contributed by atoms with Crippen molar-refractivity contribution in [2.75, 3.05) is 5.75 Å². The average molecular weight is 614 g/mol. The van der Waals surface area contributed by atoms with Gasteiger partial charge in [-0.3, -0.25) is 0 Å². The summed E-state index contributed by atoms with van der Waals surface area (Å²) in [5, 5.41) is 22.2. The maximum atomic E-state index is 11.9. The summed E-state index contributed by atoms with van der Waals surface area (Å²) in [6, 6.07) is 25.4. The summed E-state index contributed by atoms with van der Waals surface area (Å²) in [6.45, 7) is 3.00. The van der Waals surface area contributed by atoms with Gasteiger partial charge >= 0.3 is 5.97 Å². The van der Waals surface area contributed by atoms with Crippen LogP contribution < -0.4 is 0 Å². The van der Waals surface area contributed by atoms with E-state index in [4.69, 9.17) is 16.6 Å². The highest BCUT2D eigenvalue weighted by molar-refractivity contribution is 7.99. The minimum absolute atomic E-state index is 0.0851. The van der Waals surface area contributed by atoms with Gasteiger partial charge in [-0.05, 0) is 97.2 Å². The zero-order valence-electron chi connectivity index (χ0n) is 24.4. The Balaban J connectivity index is 1.39. The van der Waals surface area contributed by atoms with Crippen LogP contribution in [0.5, 0.6) is 0 Å². The third kappa shape index (κ3) is 7.74. The number of thioether (sulfide) groups is 1. The summed E-state index contributed by atoms with van der Waals surface area (Å²) in [5.74, 6) is -0.138. The Bertz CT molecular complexity index is 1680. The van der Waals surface area contributed by atoms with E-state index in [0.29, 0.717) is 23.4 Å². The van der Waals surface area contributed by atoms with Crippen LogP contribution in [0.15, 0.2) is 78.9 Å². The van der Waals surface area contributed by atoms with E-state index in [1.807, 2.05) is 60.3 Å². The molecule has 5 rings (SSSR count). The first-order chi connectivity index (χ1) is 20.5. The number of carbonyl (C=O) groups excluding carboxylic acids is 1. The highest BCUT2D eigenvalue weighted by Crippen LogP contribution is 2.53. The van der Waals surface area contributed by atoms with Crippen LogP contribution in [0.4, 0.5) is 0 Å². The first kappa shape index (κ1) is 31.0. The Hall–Kier alpha value is -3.45. The lowest BCUT2D eigenvalue weighted by Crippen LogP contribution is -2.33.